The Kier molecular flexibility index (Phi) is 3.19. The highest BCUT2D eigenvalue weighted by molar-refractivity contribution is 6.23. The monoisotopic (exact) mass is 204 g/mol. The number of rotatable bonds is 4. The number of benzene rings is 1. The zero-order valence-electron chi connectivity index (χ0n) is 9.51. The average molecular weight is 204 g/mol. The molecule has 0 N–H and O–H groups in total. The normalized spacial score (nSPS) is 12.7. The summed E-state index contributed by atoms with van der Waals surface area (Å²) >= 11 is 0. The number of fused-ring (bicyclic) bond motifs is 1. The van der Waals surface area contributed by atoms with Gasteiger partial charge in [-0.25, -0.2) is 0 Å². The largest absolute Gasteiger partial charge is 0.576 e. The van der Waals surface area contributed by atoms with Gasteiger partial charge < -0.3 is 9.31 Å². The van der Waals surface area contributed by atoms with Gasteiger partial charge >= 0.3 is 7.69 Å². The van der Waals surface area contributed by atoms with Gasteiger partial charge in [-0.05, 0) is 30.0 Å². The van der Waals surface area contributed by atoms with Gasteiger partial charge in [0, 0.05) is 0 Å². The van der Waals surface area contributed by atoms with Gasteiger partial charge in [0.05, 0.1) is 0 Å². The van der Waals surface area contributed by atoms with Crippen LogP contribution in [0.25, 0.3) is 0 Å². The topological polar surface area (TPSA) is 18.5 Å². The molecule has 0 amide bonds. The van der Waals surface area contributed by atoms with Crippen molar-refractivity contribution in [2.45, 2.75) is 39.5 Å². The molecule has 0 saturated heterocycles. The van der Waals surface area contributed by atoms with Gasteiger partial charge in [-0.3, -0.25) is 0 Å². The summed E-state index contributed by atoms with van der Waals surface area (Å²) < 4.78 is 10.9. The molecule has 0 saturated carbocycles. The summed E-state index contributed by atoms with van der Waals surface area (Å²) in [5, 5.41) is 0. The highest BCUT2D eigenvalue weighted by Crippen LogP contribution is 2.37. The van der Waals surface area contributed by atoms with Crippen molar-refractivity contribution in [2.24, 2.45) is 0 Å². The van der Waals surface area contributed by atoms with Gasteiger partial charge in [0.15, 0.2) is 0 Å². The van der Waals surface area contributed by atoms with Crippen LogP contribution >= 0.6 is 0 Å². The molecule has 1 aliphatic rings. The molecule has 2 nitrogen and oxygen atoms in total. The van der Waals surface area contributed by atoms with Crippen LogP contribution in [0.3, 0.4) is 0 Å². The molecule has 0 unspecified atom stereocenters. The lowest BCUT2D eigenvalue weighted by Crippen LogP contribution is -2.00. The molecule has 80 valence electrons. The average Bonchev–Trinajstić information content (AvgIpc) is 2.67. The van der Waals surface area contributed by atoms with Crippen molar-refractivity contribution in [3.63, 3.8) is 0 Å². The summed E-state index contributed by atoms with van der Waals surface area (Å²) in [7, 11) is 0.377. The minimum atomic E-state index is 0.377. The van der Waals surface area contributed by atoms with Crippen LogP contribution in [0.4, 0.5) is 0 Å². The standard InChI is InChI=1S/C12H17BO2/c1-3-5-9-7-10(6-4-2)12-11(8-9)14-13-15-12/h7-8,13H,3-6H2,1-2H3. The van der Waals surface area contributed by atoms with E-state index in [0.717, 1.165) is 30.8 Å². The summed E-state index contributed by atoms with van der Waals surface area (Å²) in [6.45, 7) is 4.39. The van der Waals surface area contributed by atoms with Crippen molar-refractivity contribution in [1.82, 2.24) is 0 Å². The van der Waals surface area contributed by atoms with Crippen LogP contribution in [0, 0.1) is 0 Å². The van der Waals surface area contributed by atoms with E-state index in [1.807, 2.05) is 0 Å². The summed E-state index contributed by atoms with van der Waals surface area (Å²) in [6.07, 6.45) is 4.51. The second-order valence-corrected chi connectivity index (χ2v) is 3.99. The first-order chi connectivity index (χ1) is 7.35. The molecule has 15 heavy (non-hydrogen) atoms. The van der Waals surface area contributed by atoms with Gasteiger partial charge in [-0.15, -0.1) is 0 Å². The Hall–Kier alpha value is -1.12. The lowest BCUT2D eigenvalue weighted by Gasteiger charge is -2.09. The Morgan fingerprint density at radius 3 is 2.60 bits per heavy atom. The molecule has 0 radical (unpaired) electrons. The molecular formula is C12H17BO2. The zero-order chi connectivity index (χ0) is 10.7. The lowest BCUT2D eigenvalue weighted by molar-refractivity contribution is 0.538. The van der Waals surface area contributed by atoms with Crippen LogP contribution in [-0.4, -0.2) is 7.69 Å². The third kappa shape index (κ3) is 2.11. The molecule has 1 aromatic carbocycles. The van der Waals surface area contributed by atoms with Crippen LogP contribution in [0.1, 0.15) is 37.8 Å². The minimum absolute atomic E-state index is 0.377. The van der Waals surface area contributed by atoms with Crippen LogP contribution in [0.15, 0.2) is 12.1 Å². The zero-order valence-corrected chi connectivity index (χ0v) is 9.51. The van der Waals surface area contributed by atoms with E-state index in [9.17, 15) is 0 Å². The van der Waals surface area contributed by atoms with Gasteiger partial charge in [-0.1, -0.05) is 32.8 Å². The molecule has 1 aromatic rings. The quantitative estimate of drug-likeness (QED) is 0.702. The molecule has 1 heterocycles. The van der Waals surface area contributed by atoms with Gasteiger partial charge in [-0.2, -0.15) is 0 Å². The van der Waals surface area contributed by atoms with Crippen molar-refractivity contribution in [1.29, 1.82) is 0 Å². The fraction of sp³-hybridized carbons (Fsp3) is 0.500. The van der Waals surface area contributed by atoms with Crippen molar-refractivity contribution in [2.75, 3.05) is 0 Å². The van der Waals surface area contributed by atoms with Crippen LogP contribution in [0.5, 0.6) is 11.5 Å². The van der Waals surface area contributed by atoms with E-state index < -0.39 is 0 Å². The molecule has 1 aliphatic heterocycles. The molecule has 0 bridgehead atoms. The SMILES string of the molecule is CCCc1cc(CCC)c2c(c1)OBO2. The Balaban J connectivity index is 2.34. The number of aryl methyl sites for hydroxylation is 2. The fourth-order valence-electron chi connectivity index (χ4n) is 2.03. The molecule has 2 rings (SSSR count). The van der Waals surface area contributed by atoms with E-state index in [0.29, 0.717) is 7.69 Å². The molecule has 0 atom stereocenters. The molecular weight excluding hydrogens is 187 g/mol. The molecule has 0 aromatic heterocycles. The summed E-state index contributed by atoms with van der Waals surface area (Å²) in [5.41, 5.74) is 2.67. The fourth-order valence-corrected chi connectivity index (χ4v) is 2.03. The predicted octanol–water partition coefficient (Wildman–Crippen LogP) is 2.63. The third-order valence-corrected chi connectivity index (χ3v) is 2.67. The summed E-state index contributed by atoms with van der Waals surface area (Å²) in [6, 6.07) is 4.38. The molecule has 0 spiro atoms. The van der Waals surface area contributed by atoms with Gasteiger partial charge in [0.1, 0.15) is 11.5 Å². The Morgan fingerprint density at radius 1 is 1.07 bits per heavy atom. The van der Waals surface area contributed by atoms with Crippen LogP contribution < -0.4 is 9.31 Å². The van der Waals surface area contributed by atoms with E-state index in [2.05, 4.69) is 26.0 Å². The maximum atomic E-state index is 5.49. The Labute approximate surface area is 91.9 Å². The van der Waals surface area contributed by atoms with E-state index in [-0.39, 0.29) is 0 Å². The maximum Gasteiger partial charge on any atom is 0.576 e. The smallest absolute Gasteiger partial charge is 0.526 e. The maximum absolute atomic E-state index is 5.49. The van der Waals surface area contributed by atoms with Crippen molar-refractivity contribution in [3.05, 3.63) is 23.3 Å². The van der Waals surface area contributed by atoms with Crippen LogP contribution in [-0.2, 0) is 12.8 Å². The second kappa shape index (κ2) is 4.60. The Bertz CT molecular complexity index is 350. The first-order valence-corrected chi connectivity index (χ1v) is 5.76. The summed E-state index contributed by atoms with van der Waals surface area (Å²) in [4.78, 5) is 0. The number of hydrogen-bond donors (Lipinski definition) is 0. The van der Waals surface area contributed by atoms with Crippen molar-refractivity contribution in [3.8, 4) is 11.5 Å². The van der Waals surface area contributed by atoms with E-state index >= 15 is 0 Å². The first kappa shape index (κ1) is 10.4. The molecule has 3 heteroatoms. The lowest BCUT2D eigenvalue weighted by atomic mass is 10.0. The van der Waals surface area contributed by atoms with Crippen LogP contribution in [0.2, 0.25) is 0 Å². The number of hydrogen-bond acceptors (Lipinski definition) is 2. The second-order valence-electron chi connectivity index (χ2n) is 3.99. The highest BCUT2D eigenvalue weighted by Gasteiger charge is 2.19. The van der Waals surface area contributed by atoms with E-state index in [1.165, 1.54) is 17.5 Å². The van der Waals surface area contributed by atoms with Crippen molar-refractivity contribution >= 4 is 7.69 Å². The molecule has 0 fully saturated rings. The first-order valence-electron chi connectivity index (χ1n) is 5.76. The predicted molar refractivity (Wildman–Crippen MR) is 62.8 cm³/mol. The Morgan fingerprint density at radius 2 is 1.87 bits per heavy atom. The van der Waals surface area contributed by atoms with E-state index in [1.54, 1.807) is 0 Å². The third-order valence-electron chi connectivity index (χ3n) is 2.67. The van der Waals surface area contributed by atoms with Gasteiger partial charge in [0.2, 0.25) is 0 Å². The van der Waals surface area contributed by atoms with Crippen molar-refractivity contribution < 1.29 is 9.31 Å². The minimum Gasteiger partial charge on any atom is -0.526 e. The highest BCUT2D eigenvalue weighted by atomic mass is 16.6. The van der Waals surface area contributed by atoms with Gasteiger partial charge in [0.25, 0.3) is 0 Å². The van der Waals surface area contributed by atoms with E-state index in [4.69, 9.17) is 9.31 Å². The molecule has 0 aliphatic carbocycles. The summed E-state index contributed by atoms with van der Waals surface area (Å²) in [5.74, 6) is 1.90.